The number of urea groups is 1. The van der Waals surface area contributed by atoms with Gasteiger partial charge in [0.1, 0.15) is 12.1 Å². The standard InChI is InChI=1S/C20H25BrN4O3/c1-12(2)10-16(19(26)28-3)24-20(27)25-9-8-15-17(23-11-22-15)18(25)13-4-6-14(21)7-5-13/h4-7,11-12,16,18H,8-10H2,1-3H3,(H,22,23)(H,24,27). The summed E-state index contributed by atoms with van der Waals surface area (Å²) in [5, 5.41) is 2.87. The molecule has 2 amide bonds. The molecule has 2 N–H and O–H groups in total. The summed E-state index contributed by atoms with van der Waals surface area (Å²) in [5.74, 6) is -0.189. The highest BCUT2D eigenvalue weighted by molar-refractivity contribution is 9.10. The molecule has 7 nitrogen and oxygen atoms in total. The number of carbonyl (C=O) groups excluding carboxylic acids is 2. The Kier molecular flexibility index (Phi) is 6.39. The predicted molar refractivity (Wildman–Crippen MR) is 109 cm³/mol. The van der Waals surface area contributed by atoms with Crippen molar-refractivity contribution in [2.24, 2.45) is 5.92 Å². The van der Waals surface area contributed by atoms with Gasteiger partial charge in [-0.1, -0.05) is 41.9 Å². The first-order valence-electron chi connectivity index (χ1n) is 9.33. The number of halogens is 1. The lowest BCUT2D eigenvalue weighted by atomic mass is 9.96. The zero-order chi connectivity index (χ0) is 20.3. The van der Waals surface area contributed by atoms with Gasteiger partial charge in [-0.05, 0) is 30.0 Å². The van der Waals surface area contributed by atoms with E-state index in [1.165, 1.54) is 7.11 Å². The van der Waals surface area contributed by atoms with Gasteiger partial charge in [0.05, 0.1) is 19.1 Å². The summed E-state index contributed by atoms with van der Waals surface area (Å²) in [6.07, 6.45) is 2.86. The molecule has 0 saturated heterocycles. The summed E-state index contributed by atoms with van der Waals surface area (Å²) in [6.45, 7) is 4.53. The van der Waals surface area contributed by atoms with Crippen LogP contribution in [0, 0.1) is 5.92 Å². The molecule has 150 valence electrons. The highest BCUT2D eigenvalue weighted by Crippen LogP contribution is 2.34. The minimum absolute atomic E-state index is 0.242. The monoisotopic (exact) mass is 448 g/mol. The second kappa shape index (κ2) is 8.77. The van der Waals surface area contributed by atoms with Gasteiger partial charge in [-0.15, -0.1) is 0 Å². The van der Waals surface area contributed by atoms with E-state index in [0.717, 1.165) is 21.4 Å². The maximum absolute atomic E-state index is 13.2. The number of ether oxygens (including phenoxy) is 1. The number of aromatic nitrogens is 2. The van der Waals surface area contributed by atoms with E-state index in [4.69, 9.17) is 4.74 Å². The Bertz CT molecular complexity index is 834. The van der Waals surface area contributed by atoms with Crippen molar-refractivity contribution < 1.29 is 14.3 Å². The number of aromatic amines is 1. The van der Waals surface area contributed by atoms with Crippen molar-refractivity contribution in [2.45, 2.75) is 38.8 Å². The quantitative estimate of drug-likeness (QED) is 0.685. The Morgan fingerprint density at radius 3 is 2.71 bits per heavy atom. The van der Waals surface area contributed by atoms with Crippen LogP contribution in [0.2, 0.25) is 0 Å². The molecule has 8 heteroatoms. The number of amides is 2. The largest absolute Gasteiger partial charge is 0.467 e. The van der Waals surface area contributed by atoms with Crippen molar-refractivity contribution in [2.75, 3.05) is 13.7 Å². The lowest BCUT2D eigenvalue weighted by Gasteiger charge is -2.36. The Labute approximate surface area is 173 Å². The number of benzene rings is 1. The van der Waals surface area contributed by atoms with Crippen LogP contribution in [0.25, 0.3) is 0 Å². The minimum atomic E-state index is -0.677. The Hall–Kier alpha value is -2.35. The summed E-state index contributed by atoms with van der Waals surface area (Å²) in [4.78, 5) is 34.7. The molecule has 0 bridgehead atoms. The first-order chi connectivity index (χ1) is 13.4. The molecule has 2 aromatic rings. The van der Waals surface area contributed by atoms with Crippen molar-refractivity contribution in [3.05, 3.63) is 52.0 Å². The van der Waals surface area contributed by atoms with Crippen LogP contribution in [0.15, 0.2) is 35.1 Å². The third kappa shape index (κ3) is 4.38. The fraction of sp³-hybridized carbons (Fsp3) is 0.450. The van der Waals surface area contributed by atoms with Crippen LogP contribution in [-0.2, 0) is 16.0 Å². The molecule has 0 spiro atoms. The van der Waals surface area contributed by atoms with Gasteiger partial charge in [0.25, 0.3) is 0 Å². The number of nitrogens with one attached hydrogen (secondary N) is 2. The molecule has 2 unspecified atom stereocenters. The van der Waals surface area contributed by atoms with Gasteiger partial charge in [0.15, 0.2) is 0 Å². The number of imidazole rings is 1. The lowest BCUT2D eigenvalue weighted by Crippen LogP contribution is -2.51. The second-order valence-corrected chi connectivity index (χ2v) is 8.23. The molecule has 1 aliphatic rings. The Morgan fingerprint density at radius 1 is 1.36 bits per heavy atom. The molecule has 0 saturated carbocycles. The molecule has 2 heterocycles. The average Bonchev–Trinajstić information content (AvgIpc) is 3.15. The van der Waals surface area contributed by atoms with Gasteiger partial charge >= 0.3 is 12.0 Å². The second-order valence-electron chi connectivity index (χ2n) is 7.32. The van der Waals surface area contributed by atoms with Crippen molar-refractivity contribution in [3.8, 4) is 0 Å². The fourth-order valence-electron chi connectivity index (χ4n) is 3.54. The Balaban J connectivity index is 1.89. The average molecular weight is 449 g/mol. The highest BCUT2D eigenvalue weighted by atomic mass is 79.9. The van der Waals surface area contributed by atoms with Crippen LogP contribution in [0.4, 0.5) is 4.79 Å². The smallest absolute Gasteiger partial charge is 0.328 e. The third-order valence-electron chi connectivity index (χ3n) is 4.86. The van der Waals surface area contributed by atoms with E-state index < -0.39 is 12.0 Å². The molecule has 1 aromatic carbocycles. The van der Waals surface area contributed by atoms with Gasteiger partial charge < -0.3 is 19.9 Å². The number of hydrogen-bond acceptors (Lipinski definition) is 4. The molecule has 0 radical (unpaired) electrons. The SMILES string of the molecule is COC(=O)C(CC(C)C)NC(=O)N1CCc2[nH]cnc2C1c1ccc(Br)cc1. The summed E-state index contributed by atoms with van der Waals surface area (Å²) in [7, 11) is 1.34. The van der Waals surface area contributed by atoms with E-state index in [9.17, 15) is 9.59 Å². The number of esters is 1. The van der Waals surface area contributed by atoms with Gasteiger partial charge in [-0.25, -0.2) is 14.6 Å². The molecule has 2 atom stereocenters. The van der Waals surface area contributed by atoms with Gasteiger partial charge in [-0.3, -0.25) is 0 Å². The summed E-state index contributed by atoms with van der Waals surface area (Å²) < 4.78 is 5.84. The fourth-order valence-corrected chi connectivity index (χ4v) is 3.80. The van der Waals surface area contributed by atoms with E-state index in [1.807, 2.05) is 38.1 Å². The minimum Gasteiger partial charge on any atom is -0.467 e. The van der Waals surface area contributed by atoms with Gasteiger partial charge in [0, 0.05) is 23.1 Å². The molecule has 1 aromatic heterocycles. The normalized spacial score (nSPS) is 17.2. The van der Waals surface area contributed by atoms with E-state index in [1.54, 1.807) is 11.2 Å². The van der Waals surface area contributed by atoms with Crippen LogP contribution in [-0.4, -0.2) is 46.6 Å². The number of nitrogens with zero attached hydrogens (tertiary/aromatic N) is 2. The number of methoxy groups -OCH3 is 1. The van der Waals surface area contributed by atoms with Crippen molar-refractivity contribution in [3.63, 3.8) is 0 Å². The number of hydrogen-bond donors (Lipinski definition) is 2. The molecular formula is C20H25BrN4O3. The third-order valence-corrected chi connectivity index (χ3v) is 5.39. The number of rotatable bonds is 5. The molecule has 28 heavy (non-hydrogen) atoms. The molecule has 0 fully saturated rings. The van der Waals surface area contributed by atoms with Crippen LogP contribution >= 0.6 is 15.9 Å². The number of H-pyrrole nitrogens is 1. The first-order valence-corrected chi connectivity index (χ1v) is 10.1. The van der Waals surface area contributed by atoms with Crippen LogP contribution in [0.3, 0.4) is 0 Å². The van der Waals surface area contributed by atoms with Crippen LogP contribution in [0.5, 0.6) is 0 Å². The maximum Gasteiger partial charge on any atom is 0.328 e. The van der Waals surface area contributed by atoms with Crippen LogP contribution in [0.1, 0.15) is 43.3 Å². The number of carbonyl (C=O) groups is 2. The maximum atomic E-state index is 13.2. The molecule has 3 rings (SSSR count). The highest BCUT2D eigenvalue weighted by Gasteiger charge is 2.35. The molecule has 1 aliphatic heterocycles. The summed E-state index contributed by atoms with van der Waals surface area (Å²) in [6, 6.07) is 6.56. The van der Waals surface area contributed by atoms with E-state index in [-0.39, 0.29) is 18.0 Å². The van der Waals surface area contributed by atoms with Crippen molar-refractivity contribution in [1.29, 1.82) is 0 Å². The van der Waals surface area contributed by atoms with Gasteiger partial charge in [-0.2, -0.15) is 0 Å². The van der Waals surface area contributed by atoms with E-state index in [0.29, 0.717) is 19.4 Å². The zero-order valence-electron chi connectivity index (χ0n) is 16.2. The van der Waals surface area contributed by atoms with Gasteiger partial charge in [0.2, 0.25) is 0 Å². The Morgan fingerprint density at radius 2 is 2.07 bits per heavy atom. The zero-order valence-corrected chi connectivity index (χ0v) is 17.8. The first kappa shape index (κ1) is 20.4. The van der Waals surface area contributed by atoms with E-state index in [2.05, 4.69) is 31.2 Å². The van der Waals surface area contributed by atoms with Crippen molar-refractivity contribution >= 4 is 27.9 Å². The summed E-state index contributed by atoms with van der Waals surface area (Å²) in [5.41, 5.74) is 2.83. The number of fused-ring (bicyclic) bond motifs is 1. The van der Waals surface area contributed by atoms with E-state index >= 15 is 0 Å². The topological polar surface area (TPSA) is 87.3 Å². The van der Waals surface area contributed by atoms with Crippen molar-refractivity contribution in [1.82, 2.24) is 20.2 Å². The predicted octanol–water partition coefficient (Wildman–Crippen LogP) is 3.42. The molecular weight excluding hydrogens is 424 g/mol. The molecule has 0 aliphatic carbocycles. The van der Waals surface area contributed by atoms with Crippen LogP contribution < -0.4 is 5.32 Å². The lowest BCUT2D eigenvalue weighted by molar-refractivity contribution is -0.143. The summed E-state index contributed by atoms with van der Waals surface area (Å²) >= 11 is 3.45.